The van der Waals surface area contributed by atoms with Gasteiger partial charge in [-0.2, -0.15) is 5.06 Å². The minimum Gasteiger partial charge on any atom is -0.433 e. The number of nitrogens with zero attached hydrogens (tertiary/aromatic N) is 1. The lowest BCUT2D eigenvalue weighted by Crippen LogP contribution is -2.42. The Kier molecular flexibility index (Phi) is 2.78. The molecule has 0 N–H and O–H groups in total. The second-order valence-corrected chi connectivity index (χ2v) is 3.39. The van der Waals surface area contributed by atoms with Crippen molar-refractivity contribution in [3.05, 3.63) is 12.2 Å². The van der Waals surface area contributed by atoms with Gasteiger partial charge in [0.15, 0.2) is 0 Å². The second kappa shape index (κ2) is 3.69. The van der Waals surface area contributed by atoms with E-state index >= 15 is 0 Å². The summed E-state index contributed by atoms with van der Waals surface area (Å²) >= 11 is 0. The van der Waals surface area contributed by atoms with Crippen LogP contribution >= 0.6 is 0 Å². The van der Waals surface area contributed by atoms with Crippen molar-refractivity contribution in [1.29, 1.82) is 0 Å². The van der Waals surface area contributed by atoms with Gasteiger partial charge in [-0.1, -0.05) is 6.08 Å². The maximum Gasteiger partial charge on any atom is 0.533 e. The summed E-state index contributed by atoms with van der Waals surface area (Å²) in [5, 5.41) is 0.991. The molecule has 0 saturated heterocycles. The monoisotopic (exact) mass is 199 g/mol. The van der Waals surface area contributed by atoms with E-state index in [1.165, 1.54) is 6.08 Å². The van der Waals surface area contributed by atoms with Gasteiger partial charge in [0.25, 0.3) is 5.91 Å². The van der Waals surface area contributed by atoms with Crippen LogP contribution in [0.2, 0.25) is 0 Å². The highest BCUT2D eigenvalue weighted by atomic mass is 16.8. The van der Waals surface area contributed by atoms with Gasteiger partial charge in [0.2, 0.25) is 0 Å². The first-order valence-electron chi connectivity index (χ1n) is 4.35. The number of rotatable bonds is 2. The molecule has 0 aromatic rings. The summed E-state index contributed by atoms with van der Waals surface area (Å²) in [6.45, 7) is 5.40. The standard InChI is InChI=1S/C9H13NO4/c1-4-13-8(12)14-10-7(11)5-6-9(10,2)3/h5-6H,4H2,1-3H3. The number of ether oxygens (including phenoxy) is 1. The molecule has 78 valence electrons. The maximum absolute atomic E-state index is 11.2. The molecule has 0 bridgehead atoms. The van der Waals surface area contributed by atoms with Gasteiger partial charge >= 0.3 is 6.16 Å². The zero-order valence-corrected chi connectivity index (χ0v) is 8.44. The van der Waals surface area contributed by atoms with E-state index in [-0.39, 0.29) is 12.5 Å². The Hall–Kier alpha value is -1.52. The molecule has 5 nitrogen and oxygen atoms in total. The fourth-order valence-corrected chi connectivity index (χ4v) is 1.08. The van der Waals surface area contributed by atoms with Gasteiger partial charge in [-0.25, -0.2) is 4.79 Å². The number of amides is 1. The highest BCUT2D eigenvalue weighted by molar-refractivity contribution is 5.91. The van der Waals surface area contributed by atoms with E-state index in [1.54, 1.807) is 26.8 Å². The van der Waals surface area contributed by atoms with Crippen LogP contribution < -0.4 is 0 Å². The van der Waals surface area contributed by atoms with Gasteiger partial charge in [-0.15, -0.1) is 0 Å². The van der Waals surface area contributed by atoms with Gasteiger partial charge in [-0.3, -0.25) is 4.79 Å². The van der Waals surface area contributed by atoms with Crippen LogP contribution in [0.15, 0.2) is 12.2 Å². The van der Waals surface area contributed by atoms with E-state index in [0.29, 0.717) is 0 Å². The van der Waals surface area contributed by atoms with Gasteiger partial charge in [0.05, 0.1) is 12.1 Å². The van der Waals surface area contributed by atoms with E-state index < -0.39 is 11.7 Å². The van der Waals surface area contributed by atoms with E-state index in [0.717, 1.165) is 5.06 Å². The average molecular weight is 199 g/mol. The first-order valence-corrected chi connectivity index (χ1v) is 4.35. The topological polar surface area (TPSA) is 55.8 Å². The zero-order chi connectivity index (χ0) is 10.8. The van der Waals surface area contributed by atoms with Crippen molar-refractivity contribution in [2.75, 3.05) is 6.61 Å². The molecule has 1 amide bonds. The number of hydroxylamine groups is 2. The van der Waals surface area contributed by atoms with Crippen LogP contribution in [0.4, 0.5) is 4.79 Å². The van der Waals surface area contributed by atoms with E-state index in [4.69, 9.17) is 4.84 Å². The minimum atomic E-state index is -0.863. The molecule has 0 saturated carbocycles. The number of hydrogen-bond acceptors (Lipinski definition) is 4. The lowest BCUT2D eigenvalue weighted by atomic mass is 10.1. The lowest BCUT2D eigenvalue weighted by Gasteiger charge is -2.27. The molecular formula is C9H13NO4. The van der Waals surface area contributed by atoms with Crippen molar-refractivity contribution in [3.8, 4) is 0 Å². The molecule has 0 spiro atoms. The van der Waals surface area contributed by atoms with Crippen LogP contribution in [0.3, 0.4) is 0 Å². The largest absolute Gasteiger partial charge is 0.533 e. The van der Waals surface area contributed by atoms with E-state index in [2.05, 4.69) is 4.74 Å². The van der Waals surface area contributed by atoms with Gasteiger partial charge in [0.1, 0.15) is 0 Å². The SMILES string of the molecule is CCOC(=O)ON1C(=O)C=CC1(C)C. The lowest BCUT2D eigenvalue weighted by molar-refractivity contribution is -0.181. The zero-order valence-electron chi connectivity index (χ0n) is 8.44. The molecule has 0 aromatic heterocycles. The molecule has 0 atom stereocenters. The molecule has 0 fully saturated rings. The third-order valence-corrected chi connectivity index (χ3v) is 1.79. The third-order valence-electron chi connectivity index (χ3n) is 1.79. The van der Waals surface area contributed by atoms with Gasteiger partial charge in [-0.05, 0) is 20.8 Å². The number of carbonyl (C=O) groups is 2. The Morgan fingerprint density at radius 3 is 2.64 bits per heavy atom. The third kappa shape index (κ3) is 2.04. The Balaban J connectivity index is 2.61. The Bertz CT molecular complexity index is 283. The molecule has 0 aliphatic carbocycles. The summed E-state index contributed by atoms with van der Waals surface area (Å²) in [5.74, 6) is -0.358. The normalized spacial score (nSPS) is 18.5. The molecule has 1 rings (SSSR count). The van der Waals surface area contributed by atoms with Crippen molar-refractivity contribution in [2.24, 2.45) is 0 Å². The highest BCUT2D eigenvalue weighted by Crippen LogP contribution is 2.23. The smallest absolute Gasteiger partial charge is 0.433 e. The van der Waals surface area contributed by atoms with Gasteiger partial charge < -0.3 is 9.57 Å². The second-order valence-electron chi connectivity index (χ2n) is 3.39. The molecule has 1 aliphatic heterocycles. The molecule has 0 radical (unpaired) electrons. The maximum atomic E-state index is 11.2. The highest BCUT2D eigenvalue weighted by Gasteiger charge is 2.36. The summed E-state index contributed by atoms with van der Waals surface area (Å²) in [7, 11) is 0. The molecule has 1 aliphatic rings. The fourth-order valence-electron chi connectivity index (χ4n) is 1.08. The summed E-state index contributed by atoms with van der Waals surface area (Å²) < 4.78 is 4.56. The molecule has 14 heavy (non-hydrogen) atoms. The van der Waals surface area contributed by atoms with Crippen LogP contribution in [0.1, 0.15) is 20.8 Å². The molecule has 0 unspecified atom stereocenters. The Morgan fingerprint density at radius 2 is 2.21 bits per heavy atom. The molecule has 1 heterocycles. The van der Waals surface area contributed by atoms with Crippen LogP contribution in [0.25, 0.3) is 0 Å². The predicted octanol–water partition coefficient (Wildman–Crippen LogP) is 1.25. The van der Waals surface area contributed by atoms with Crippen molar-refractivity contribution >= 4 is 12.1 Å². The van der Waals surface area contributed by atoms with E-state index in [9.17, 15) is 9.59 Å². The van der Waals surface area contributed by atoms with Crippen molar-refractivity contribution < 1.29 is 19.2 Å². The average Bonchev–Trinajstić information content (AvgIpc) is 2.32. The van der Waals surface area contributed by atoms with Crippen LogP contribution in [-0.2, 0) is 14.4 Å². The Labute approximate surface area is 82.2 Å². The molecule has 5 heteroatoms. The Morgan fingerprint density at radius 1 is 1.57 bits per heavy atom. The summed E-state index contributed by atoms with van der Waals surface area (Å²) in [5.41, 5.74) is -0.607. The summed E-state index contributed by atoms with van der Waals surface area (Å²) in [6.07, 6.45) is 2.16. The number of hydrogen-bond donors (Lipinski definition) is 0. The summed E-state index contributed by atoms with van der Waals surface area (Å²) in [6, 6.07) is 0. The first kappa shape index (κ1) is 10.6. The van der Waals surface area contributed by atoms with Gasteiger partial charge in [0, 0.05) is 6.08 Å². The van der Waals surface area contributed by atoms with E-state index in [1.807, 2.05) is 0 Å². The number of carbonyl (C=O) groups excluding carboxylic acids is 2. The summed E-state index contributed by atoms with van der Waals surface area (Å²) in [4.78, 5) is 26.9. The van der Waals surface area contributed by atoms with Crippen molar-refractivity contribution in [3.63, 3.8) is 0 Å². The fraction of sp³-hybridized carbons (Fsp3) is 0.556. The quantitative estimate of drug-likeness (QED) is 0.628. The van der Waals surface area contributed by atoms with Crippen molar-refractivity contribution in [2.45, 2.75) is 26.3 Å². The first-order chi connectivity index (χ1) is 6.47. The van der Waals surface area contributed by atoms with Crippen LogP contribution in [0, 0.1) is 0 Å². The minimum absolute atomic E-state index is 0.217. The van der Waals surface area contributed by atoms with Crippen molar-refractivity contribution in [1.82, 2.24) is 5.06 Å². The molecular weight excluding hydrogens is 186 g/mol. The predicted molar refractivity (Wildman–Crippen MR) is 48.2 cm³/mol. The van der Waals surface area contributed by atoms with Crippen LogP contribution in [-0.4, -0.2) is 29.3 Å². The molecule has 0 aromatic carbocycles. The van der Waals surface area contributed by atoms with Crippen LogP contribution in [0.5, 0.6) is 0 Å².